The van der Waals surface area contributed by atoms with E-state index in [0.29, 0.717) is 5.56 Å². The fraction of sp³-hybridized carbons (Fsp3) is 0.111. The minimum atomic E-state index is -0.623. The van der Waals surface area contributed by atoms with Crippen molar-refractivity contribution >= 4 is 12.4 Å². The molecule has 1 atom stereocenters. The molecule has 0 aliphatic carbocycles. The van der Waals surface area contributed by atoms with E-state index in [1.54, 1.807) is 0 Å². The average Bonchev–Trinajstić information content (AvgIpc) is 2.01. The van der Waals surface area contributed by atoms with Crippen molar-refractivity contribution in [2.45, 2.75) is 6.04 Å². The minimum Gasteiger partial charge on any atom is -0.321 e. The zero-order chi connectivity index (χ0) is 9.14. The van der Waals surface area contributed by atoms with Crippen LogP contribution in [0.2, 0.25) is 0 Å². The highest BCUT2D eigenvalue weighted by Crippen LogP contribution is 2.14. The summed E-state index contributed by atoms with van der Waals surface area (Å²) in [7, 11) is 0. The van der Waals surface area contributed by atoms with E-state index in [1.807, 2.05) is 0 Å². The van der Waals surface area contributed by atoms with Gasteiger partial charge in [0.1, 0.15) is 11.6 Å². The Hall–Kier alpha value is -0.930. The van der Waals surface area contributed by atoms with E-state index < -0.39 is 17.7 Å². The van der Waals surface area contributed by atoms with Crippen molar-refractivity contribution in [3.05, 3.63) is 48.1 Å². The average molecular weight is 206 g/mol. The van der Waals surface area contributed by atoms with Gasteiger partial charge < -0.3 is 5.73 Å². The Kier molecular flexibility index (Phi) is 4.59. The van der Waals surface area contributed by atoms with Crippen LogP contribution in [0.3, 0.4) is 0 Å². The van der Waals surface area contributed by atoms with Crippen molar-refractivity contribution in [2.75, 3.05) is 0 Å². The standard InChI is InChI=1S/C9H9F2N.ClH/c1-2-9(12)6-3-7(10)5-8(11)4-6;/h2-5,9H,1,12H2;1H/t9-;/m1./s1. The first-order valence-electron chi connectivity index (χ1n) is 3.47. The molecule has 1 aromatic rings. The number of hydrogen-bond donors (Lipinski definition) is 1. The molecule has 0 fully saturated rings. The van der Waals surface area contributed by atoms with Gasteiger partial charge in [-0.05, 0) is 17.7 Å². The van der Waals surface area contributed by atoms with Crippen LogP contribution < -0.4 is 5.73 Å². The Morgan fingerprint density at radius 3 is 2.08 bits per heavy atom. The lowest BCUT2D eigenvalue weighted by atomic mass is 10.1. The molecule has 1 aromatic carbocycles. The van der Waals surface area contributed by atoms with Crippen molar-refractivity contribution in [1.29, 1.82) is 0 Å². The zero-order valence-electron chi connectivity index (χ0n) is 6.84. The lowest BCUT2D eigenvalue weighted by Gasteiger charge is -2.05. The van der Waals surface area contributed by atoms with E-state index in [9.17, 15) is 8.78 Å². The quantitative estimate of drug-likeness (QED) is 0.738. The Balaban J connectivity index is 0.00000144. The maximum Gasteiger partial charge on any atom is 0.126 e. The lowest BCUT2D eigenvalue weighted by Crippen LogP contribution is -2.07. The Morgan fingerprint density at radius 2 is 1.69 bits per heavy atom. The Bertz CT molecular complexity index is 281. The third kappa shape index (κ3) is 3.13. The van der Waals surface area contributed by atoms with Crippen LogP contribution in [-0.4, -0.2) is 0 Å². The van der Waals surface area contributed by atoms with Crippen LogP contribution in [0.5, 0.6) is 0 Å². The third-order valence-corrected chi connectivity index (χ3v) is 1.52. The van der Waals surface area contributed by atoms with Gasteiger partial charge in [-0.25, -0.2) is 8.78 Å². The molecule has 0 aliphatic rings. The molecule has 2 N–H and O–H groups in total. The molecule has 4 heteroatoms. The van der Waals surface area contributed by atoms with E-state index >= 15 is 0 Å². The number of benzene rings is 1. The van der Waals surface area contributed by atoms with Gasteiger partial charge in [0.05, 0.1) is 0 Å². The molecule has 1 nitrogen and oxygen atoms in total. The molecule has 13 heavy (non-hydrogen) atoms. The van der Waals surface area contributed by atoms with Crippen molar-refractivity contribution in [3.8, 4) is 0 Å². The van der Waals surface area contributed by atoms with Crippen LogP contribution in [0.1, 0.15) is 11.6 Å². The summed E-state index contributed by atoms with van der Waals surface area (Å²) < 4.78 is 25.2. The van der Waals surface area contributed by atoms with Crippen LogP contribution >= 0.6 is 12.4 Å². The summed E-state index contributed by atoms with van der Waals surface area (Å²) in [6, 6.07) is 2.67. The predicted molar refractivity (Wildman–Crippen MR) is 50.7 cm³/mol. The van der Waals surface area contributed by atoms with Gasteiger partial charge >= 0.3 is 0 Å². The first kappa shape index (κ1) is 12.1. The van der Waals surface area contributed by atoms with Gasteiger partial charge in [-0.2, -0.15) is 0 Å². The topological polar surface area (TPSA) is 26.0 Å². The van der Waals surface area contributed by atoms with Crippen molar-refractivity contribution in [1.82, 2.24) is 0 Å². The fourth-order valence-electron chi connectivity index (χ4n) is 0.904. The maximum atomic E-state index is 12.6. The van der Waals surface area contributed by atoms with Crippen LogP contribution in [0.15, 0.2) is 30.9 Å². The van der Waals surface area contributed by atoms with Gasteiger partial charge in [-0.1, -0.05) is 6.08 Å². The van der Waals surface area contributed by atoms with Crippen LogP contribution in [0.25, 0.3) is 0 Å². The van der Waals surface area contributed by atoms with Crippen LogP contribution in [-0.2, 0) is 0 Å². The highest BCUT2D eigenvalue weighted by Gasteiger charge is 2.04. The lowest BCUT2D eigenvalue weighted by molar-refractivity contribution is 0.578. The monoisotopic (exact) mass is 205 g/mol. The predicted octanol–water partition coefficient (Wildman–Crippen LogP) is 2.57. The molecule has 0 unspecified atom stereocenters. The Labute approximate surface area is 81.7 Å². The molecular formula is C9H10ClF2N. The van der Waals surface area contributed by atoms with Gasteiger partial charge in [-0.3, -0.25) is 0 Å². The number of nitrogens with two attached hydrogens (primary N) is 1. The summed E-state index contributed by atoms with van der Waals surface area (Å²) in [5.41, 5.74) is 5.87. The molecule has 0 spiro atoms. The number of rotatable bonds is 2. The van der Waals surface area contributed by atoms with Gasteiger partial charge in [0.15, 0.2) is 0 Å². The second-order valence-corrected chi connectivity index (χ2v) is 2.46. The largest absolute Gasteiger partial charge is 0.321 e. The molecule has 72 valence electrons. The van der Waals surface area contributed by atoms with E-state index in [1.165, 1.54) is 18.2 Å². The summed E-state index contributed by atoms with van der Waals surface area (Å²) in [6.07, 6.45) is 1.42. The molecule has 0 aliphatic heterocycles. The highest BCUT2D eigenvalue weighted by molar-refractivity contribution is 5.85. The normalized spacial score (nSPS) is 11.6. The van der Waals surface area contributed by atoms with Crippen LogP contribution in [0, 0.1) is 11.6 Å². The number of hydrogen-bond acceptors (Lipinski definition) is 1. The first-order chi connectivity index (χ1) is 5.63. The molecule has 0 radical (unpaired) electrons. The highest BCUT2D eigenvalue weighted by atomic mass is 35.5. The SMILES string of the molecule is C=C[C@@H](N)c1cc(F)cc(F)c1.Cl. The fourth-order valence-corrected chi connectivity index (χ4v) is 0.904. The molecule has 0 heterocycles. The van der Waals surface area contributed by atoms with Crippen LogP contribution in [0.4, 0.5) is 8.78 Å². The summed E-state index contributed by atoms with van der Waals surface area (Å²) in [6.45, 7) is 3.43. The van der Waals surface area contributed by atoms with Crippen molar-refractivity contribution in [2.24, 2.45) is 5.73 Å². The molecule has 0 bridgehead atoms. The molecule has 0 amide bonds. The molecule has 0 aromatic heterocycles. The smallest absolute Gasteiger partial charge is 0.126 e. The first-order valence-corrected chi connectivity index (χ1v) is 3.47. The molecule has 0 saturated carbocycles. The van der Waals surface area contributed by atoms with Gasteiger partial charge in [0.2, 0.25) is 0 Å². The third-order valence-electron chi connectivity index (χ3n) is 1.52. The summed E-state index contributed by atoms with van der Waals surface area (Å²) in [5, 5.41) is 0. The van der Waals surface area contributed by atoms with Gasteiger partial charge in [0.25, 0.3) is 0 Å². The molecule has 1 rings (SSSR count). The summed E-state index contributed by atoms with van der Waals surface area (Å²) in [5.74, 6) is -1.25. The van der Waals surface area contributed by atoms with Crippen molar-refractivity contribution in [3.63, 3.8) is 0 Å². The molecular weight excluding hydrogens is 196 g/mol. The minimum absolute atomic E-state index is 0. The van der Waals surface area contributed by atoms with E-state index in [-0.39, 0.29) is 12.4 Å². The maximum absolute atomic E-state index is 12.6. The van der Waals surface area contributed by atoms with Gasteiger partial charge in [-0.15, -0.1) is 19.0 Å². The second kappa shape index (κ2) is 4.94. The van der Waals surface area contributed by atoms with Crippen molar-refractivity contribution < 1.29 is 8.78 Å². The number of halogens is 3. The van der Waals surface area contributed by atoms with E-state index in [4.69, 9.17) is 5.73 Å². The zero-order valence-corrected chi connectivity index (χ0v) is 7.65. The summed E-state index contributed by atoms with van der Waals surface area (Å²) in [4.78, 5) is 0. The second-order valence-electron chi connectivity index (χ2n) is 2.46. The molecule has 0 saturated heterocycles. The van der Waals surface area contributed by atoms with Gasteiger partial charge in [0, 0.05) is 12.1 Å². The van der Waals surface area contributed by atoms with E-state index in [0.717, 1.165) is 6.07 Å². The Morgan fingerprint density at radius 1 is 1.23 bits per heavy atom. The summed E-state index contributed by atoms with van der Waals surface area (Å²) >= 11 is 0. The van der Waals surface area contributed by atoms with E-state index in [2.05, 4.69) is 6.58 Å².